The van der Waals surface area contributed by atoms with Crippen LogP contribution in [0.3, 0.4) is 0 Å². The second-order valence-electron chi connectivity index (χ2n) is 21.4. The van der Waals surface area contributed by atoms with Gasteiger partial charge in [-0.3, -0.25) is 38.5 Å². The molecule has 3 N–H and O–H groups in total. The Hall–Kier alpha value is -7.99. The van der Waals surface area contributed by atoms with Crippen LogP contribution >= 0.6 is 0 Å². The molecule has 2 aliphatic carbocycles. The highest BCUT2D eigenvalue weighted by molar-refractivity contribution is 6.04. The van der Waals surface area contributed by atoms with Crippen molar-refractivity contribution in [3.05, 3.63) is 167 Å². The molecule has 0 spiro atoms. The number of nitrogens with zero attached hydrogens (tertiary/aromatic N) is 6. The van der Waals surface area contributed by atoms with E-state index >= 15 is 0 Å². The normalized spacial score (nSPS) is 19.0. The van der Waals surface area contributed by atoms with Crippen LogP contribution in [-0.2, 0) is 41.3 Å². The first-order valence-electron chi connectivity index (χ1n) is 26.7. The minimum Gasteiger partial charge on any atom is -0.458 e. The molecule has 13 nitrogen and oxygen atoms in total. The number of Topliss-reactive ketones (excluding diaryl/α,β-unsaturated/α-hetero) is 2. The molecule has 2 saturated carbocycles. The smallest absolute Gasteiger partial charge is 0.422 e. The van der Waals surface area contributed by atoms with Gasteiger partial charge in [0.05, 0.1) is 11.0 Å². The fourth-order valence-electron chi connectivity index (χ4n) is 11.6. The van der Waals surface area contributed by atoms with Crippen molar-refractivity contribution < 1.29 is 45.9 Å². The van der Waals surface area contributed by atoms with Gasteiger partial charge in [-0.15, -0.1) is 0 Å². The molecule has 0 radical (unpaired) electrons. The first kappa shape index (κ1) is 58.2. The lowest BCUT2D eigenvalue weighted by molar-refractivity contribution is -0.177. The van der Waals surface area contributed by atoms with Gasteiger partial charge in [0.1, 0.15) is 23.0 Å². The second-order valence-corrected chi connectivity index (χ2v) is 21.4. The van der Waals surface area contributed by atoms with Crippen LogP contribution in [0.4, 0.5) is 22.0 Å². The highest BCUT2D eigenvalue weighted by Crippen LogP contribution is 2.39. The van der Waals surface area contributed by atoms with E-state index in [9.17, 15) is 36.3 Å². The maximum absolute atomic E-state index is 14.4. The van der Waals surface area contributed by atoms with E-state index in [1.54, 1.807) is 30.6 Å². The molecule has 0 saturated heterocycles. The van der Waals surface area contributed by atoms with Gasteiger partial charge in [0.2, 0.25) is 6.41 Å². The number of benzene rings is 4. The van der Waals surface area contributed by atoms with E-state index in [-0.39, 0.29) is 41.5 Å². The highest BCUT2D eigenvalue weighted by atomic mass is 19.4. The van der Waals surface area contributed by atoms with Crippen molar-refractivity contribution in [3.63, 3.8) is 0 Å². The number of hydrogen-bond acceptors (Lipinski definition) is 10. The fraction of sp³-hybridized carbons (Fsp3) is 0.355. The molecule has 2 fully saturated rings. The summed E-state index contributed by atoms with van der Waals surface area (Å²) in [5.74, 6) is 0.0127. The van der Waals surface area contributed by atoms with E-state index in [2.05, 4.69) is 20.0 Å². The van der Waals surface area contributed by atoms with Crippen LogP contribution in [0, 0.1) is 37.3 Å². The van der Waals surface area contributed by atoms with E-state index in [1.807, 2.05) is 116 Å². The molecule has 418 valence electrons. The Kier molecular flexibility index (Phi) is 18.5. The largest absolute Gasteiger partial charge is 0.458 e. The minimum atomic E-state index is -4.40. The molecular formula is C62H65F5N8O5. The number of halogens is 5. The number of aromatic nitrogens is 6. The van der Waals surface area contributed by atoms with Crippen LogP contribution in [0.15, 0.2) is 122 Å². The van der Waals surface area contributed by atoms with E-state index < -0.39 is 23.9 Å². The molecule has 18 heteroatoms. The summed E-state index contributed by atoms with van der Waals surface area (Å²) in [6.07, 6.45) is 8.30. The Balaban J connectivity index is 0.000000185. The zero-order chi connectivity index (χ0) is 57.2. The third kappa shape index (κ3) is 14.6. The summed E-state index contributed by atoms with van der Waals surface area (Å²) in [7, 11) is 3.82. The molecule has 80 heavy (non-hydrogen) atoms. The third-order valence-corrected chi connectivity index (χ3v) is 15.2. The van der Waals surface area contributed by atoms with Crippen molar-refractivity contribution in [2.24, 2.45) is 31.7 Å². The standard InChI is InChI=1S/C30H31FN4O2.C29H31FN4O.C3H3F3O2/c1-20-14-23(11-13-32-20)29-25-16-22(9-10-27(25)35(2)34-29)28(37)15-21-6-5-12-30(17-21,33-19-36)18-24-7-3-4-8-26(24)31;1-19-14-22(11-13-32-19)28-24-16-21(9-10-26(24)34(2)33-28)27(35)15-20-6-5-12-29(31,17-20)18-23-7-3-4-8-25(23)30;4-3(5,6)1-8-2-7/h3-4,7-11,13-14,16,19,21H,5-6,12,15,17-18H2,1-2H3,(H,33,36);3-4,7-11,13-14,16,20H,5-6,12,15,17-18,31H2,1-2H3;2H,1H2/t21-,30-;20-,29-;/m00./s1. The molecular weight excluding hydrogens is 1030 g/mol. The number of carbonyl (C=O) groups excluding carboxylic acids is 4. The molecule has 0 unspecified atom stereocenters. The predicted octanol–water partition coefficient (Wildman–Crippen LogP) is 12.1. The van der Waals surface area contributed by atoms with Gasteiger partial charge >= 0.3 is 6.18 Å². The lowest BCUT2D eigenvalue weighted by Crippen LogP contribution is -2.50. The molecule has 10 rings (SSSR count). The molecule has 4 aromatic carbocycles. The number of nitrogens with one attached hydrogen (secondary N) is 1. The predicted molar refractivity (Wildman–Crippen MR) is 296 cm³/mol. The van der Waals surface area contributed by atoms with Gasteiger partial charge in [0.15, 0.2) is 18.2 Å². The van der Waals surface area contributed by atoms with Crippen molar-refractivity contribution in [1.82, 2.24) is 34.8 Å². The minimum absolute atomic E-state index is 0.0698. The van der Waals surface area contributed by atoms with Crippen molar-refractivity contribution in [3.8, 4) is 22.5 Å². The number of carbonyl (C=O) groups is 4. The summed E-state index contributed by atoms with van der Waals surface area (Å²) in [5, 5.41) is 14.3. The Bertz CT molecular complexity index is 3510. The van der Waals surface area contributed by atoms with Crippen LogP contribution in [0.25, 0.3) is 44.3 Å². The summed E-state index contributed by atoms with van der Waals surface area (Å²) in [6.45, 7) is 2.15. The van der Waals surface area contributed by atoms with Crippen molar-refractivity contribution in [1.29, 1.82) is 0 Å². The monoisotopic (exact) mass is 1100 g/mol. The maximum Gasteiger partial charge on any atom is 0.422 e. The van der Waals surface area contributed by atoms with Gasteiger partial charge in [0, 0.05) is 94.8 Å². The zero-order valence-corrected chi connectivity index (χ0v) is 45.2. The van der Waals surface area contributed by atoms with Gasteiger partial charge in [0.25, 0.3) is 6.47 Å². The second kappa shape index (κ2) is 25.4. The number of hydrogen-bond donors (Lipinski definition) is 2. The quantitative estimate of drug-likeness (QED) is 0.0538. The number of ether oxygens (including phenoxy) is 1. The van der Waals surface area contributed by atoms with E-state index in [4.69, 9.17) is 20.7 Å². The molecule has 0 bridgehead atoms. The molecule has 8 aromatic rings. The molecule has 1 amide bonds. The Morgan fingerprint density at radius 1 is 0.688 bits per heavy atom. The first-order valence-corrected chi connectivity index (χ1v) is 26.7. The molecule has 4 atom stereocenters. The number of rotatable bonds is 16. The summed E-state index contributed by atoms with van der Waals surface area (Å²) in [4.78, 5) is 56.0. The first-order chi connectivity index (χ1) is 38.2. The number of nitrogens with two attached hydrogens (primary N) is 1. The summed E-state index contributed by atoms with van der Waals surface area (Å²) in [5.41, 5.74) is 15.7. The number of fused-ring (bicyclic) bond motifs is 2. The maximum atomic E-state index is 14.4. The molecule has 0 aliphatic heterocycles. The van der Waals surface area contributed by atoms with Crippen LogP contribution in [-0.4, -0.2) is 77.8 Å². The van der Waals surface area contributed by atoms with E-state index in [0.717, 1.165) is 101 Å². The highest BCUT2D eigenvalue weighted by Gasteiger charge is 2.38. The Morgan fingerprint density at radius 3 is 1.64 bits per heavy atom. The number of amides is 1. The van der Waals surface area contributed by atoms with Crippen LogP contribution in [0.1, 0.15) is 107 Å². The molecule has 4 heterocycles. The number of pyridine rings is 2. The zero-order valence-electron chi connectivity index (χ0n) is 45.2. The van der Waals surface area contributed by atoms with Crippen LogP contribution in [0.2, 0.25) is 0 Å². The van der Waals surface area contributed by atoms with E-state index in [0.29, 0.717) is 60.8 Å². The molecule has 2 aliphatic rings. The number of ketones is 2. The fourth-order valence-corrected chi connectivity index (χ4v) is 11.6. The summed E-state index contributed by atoms with van der Waals surface area (Å²) >= 11 is 0. The van der Waals surface area contributed by atoms with Crippen molar-refractivity contribution in [2.75, 3.05) is 6.61 Å². The summed E-state index contributed by atoms with van der Waals surface area (Å²) in [6, 6.07) is 33.0. The summed E-state index contributed by atoms with van der Waals surface area (Å²) < 4.78 is 68.6. The Morgan fingerprint density at radius 2 is 1.18 bits per heavy atom. The van der Waals surface area contributed by atoms with Crippen LogP contribution in [0.5, 0.6) is 0 Å². The van der Waals surface area contributed by atoms with E-state index in [1.165, 1.54) is 12.1 Å². The number of aryl methyl sites for hydroxylation is 4. The Labute approximate surface area is 461 Å². The SMILES string of the molecule is Cc1cc(-c2nn(C)c3ccc(C(=O)C[C@@H]4CCC[C@@](N)(Cc5ccccc5F)C4)cc23)ccn1.Cc1cc(-c2nn(C)c3ccc(C(=O)C[C@@H]4CCC[C@](Cc5ccccc5F)(NC=O)C4)cc23)ccn1.O=COCC(F)(F)F. The lowest BCUT2D eigenvalue weighted by atomic mass is 9.71. The van der Waals surface area contributed by atoms with Gasteiger partial charge in [-0.2, -0.15) is 23.4 Å². The average Bonchev–Trinajstić information content (AvgIpc) is 3.96. The van der Waals surface area contributed by atoms with Gasteiger partial charge < -0.3 is 15.8 Å². The van der Waals surface area contributed by atoms with Crippen molar-refractivity contribution >= 4 is 46.3 Å². The van der Waals surface area contributed by atoms with Crippen molar-refractivity contribution in [2.45, 2.75) is 108 Å². The third-order valence-electron chi connectivity index (χ3n) is 15.2. The van der Waals surface area contributed by atoms with Gasteiger partial charge in [-0.05, 0) is 161 Å². The molecule has 4 aromatic heterocycles. The van der Waals surface area contributed by atoms with Crippen LogP contribution < -0.4 is 11.1 Å². The lowest BCUT2D eigenvalue weighted by Gasteiger charge is -2.41. The van der Waals surface area contributed by atoms with Gasteiger partial charge in [-0.25, -0.2) is 8.78 Å². The van der Waals surface area contributed by atoms with Gasteiger partial charge in [-0.1, -0.05) is 49.2 Å². The number of alkyl halides is 3. The average molecular weight is 1100 g/mol. The topological polar surface area (TPSA) is 177 Å².